The van der Waals surface area contributed by atoms with Gasteiger partial charge in [-0.25, -0.2) is 0 Å². The Morgan fingerprint density at radius 2 is 0.711 bits per heavy atom. The molecule has 2 heterocycles. The Kier molecular flexibility index (Phi) is 5.76. The molecule has 212 valence electrons. The van der Waals surface area contributed by atoms with Crippen LogP contribution in [0.25, 0.3) is 77.2 Å². The van der Waals surface area contributed by atoms with E-state index in [-0.39, 0.29) is 0 Å². The predicted octanol–water partition coefficient (Wildman–Crippen LogP) is 11.5. The molecule has 0 aliphatic heterocycles. The van der Waals surface area contributed by atoms with Crippen LogP contribution in [0.15, 0.2) is 164 Å². The summed E-state index contributed by atoms with van der Waals surface area (Å²) in [5, 5.41) is 5.08. The molecule has 0 unspecified atom stereocenters. The molecule has 0 amide bonds. The molecule has 0 saturated heterocycles. The number of aromatic nitrogens is 2. The van der Waals surface area contributed by atoms with Crippen molar-refractivity contribution in [2.45, 2.75) is 6.92 Å². The Morgan fingerprint density at radius 1 is 0.311 bits per heavy atom. The molecule has 0 bridgehead atoms. The van der Waals surface area contributed by atoms with E-state index in [2.05, 4.69) is 180 Å². The van der Waals surface area contributed by atoms with Gasteiger partial charge in [0.1, 0.15) is 0 Å². The molecule has 2 heteroatoms. The van der Waals surface area contributed by atoms with Crippen LogP contribution in [0.5, 0.6) is 0 Å². The fraction of sp³-hybridized carbons (Fsp3) is 0.0233. The van der Waals surface area contributed by atoms with Gasteiger partial charge in [-0.2, -0.15) is 0 Å². The fourth-order valence-corrected chi connectivity index (χ4v) is 7.13. The van der Waals surface area contributed by atoms with Crippen LogP contribution < -0.4 is 0 Å². The van der Waals surface area contributed by atoms with E-state index in [0.717, 1.165) is 0 Å². The third-order valence-corrected chi connectivity index (χ3v) is 9.12. The molecule has 0 N–H and O–H groups in total. The summed E-state index contributed by atoms with van der Waals surface area (Å²) < 4.78 is 4.78. The van der Waals surface area contributed by atoms with Crippen LogP contribution >= 0.6 is 0 Å². The highest BCUT2D eigenvalue weighted by Gasteiger charge is 2.15. The topological polar surface area (TPSA) is 9.86 Å². The lowest BCUT2D eigenvalue weighted by Crippen LogP contribution is -1.94. The average molecular weight is 575 g/mol. The monoisotopic (exact) mass is 574 g/mol. The van der Waals surface area contributed by atoms with E-state index in [1.165, 1.54) is 82.8 Å². The van der Waals surface area contributed by atoms with E-state index >= 15 is 0 Å². The van der Waals surface area contributed by atoms with Crippen molar-refractivity contribution in [3.05, 3.63) is 169 Å². The van der Waals surface area contributed by atoms with E-state index in [1.807, 2.05) is 0 Å². The number of fused-ring (bicyclic) bond motifs is 6. The zero-order valence-corrected chi connectivity index (χ0v) is 25.0. The van der Waals surface area contributed by atoms with Gasteiger partial charge in [0.05, 0.1) is 22.1 Å². The Morgan fingerprint density at radius 3 is 1.18 bits per heavy atom. The normalized spacial score (nSPS) is 11.7. The van der Waals surface area contributed by atoms with Crippen molar-refractivity contribution in [3.8, 4) is 33.6 Å². The Bertz CT molecular complexity index is 2360. The largest absolute Gasteiger partial charge is 0.309 e. The van der Waals surface area contributed by atoms with Crippen LogP contribution in [-0.2, 0) is 0 Å². The first kappa shape index (κ1) is 25.6. The summed E-state index contributed by atoms with van der Waals surface area (Å²) in [7, 11) is 0. The third kappa shape index (κ3) is 4.11. The number of rotatable bonds is 4. The average Bonchev–Trinajstić information content (AvgIpc) is 3.61. The van der Waals surface area contributed by atoms with Crippen LogP contribution in [0.1, 0.15) is 5.56 Å². The molecular weight excluding hydrogens is 544 g/mol. The van der Waals surface area contributed by atoms with Crippen LogP contribution in [0.2, 0.25) is 0 Å². The van der Waals surface area contributed by atoms with Gasteiger partial charge in [0, 0.05) is 32.9 Å². The smallest absolute Gasteiger partial charge is 0.0547 e. The minimum absolute atomic E-state index is 1.17. The molecule has 7 aromatic carbocycles. The van der Waals surface area contributed by atoms with Crippen molar-refractivity contribution in [1.82, 2.24) is 9.13 Å². The number of nitrogens with zero attached hydrogens (tertiary/aromatic N) is 2. The summed E-state index contributed by atoms with van der Waals surface area (Å²) in [5.41, 5.74) is 13.4. The maximum Gasteiger partial charge on any atom is 0.0547 e. The number of hydrogen-bond acceptors (Lipinski definition) is 0. The summed E-state index contributed by atoms with van der Waals surface area (Å²) in [6.45, 7) is 2.20. The van der Waals surface area contributed by atoms with Crippen molar-refractivity contribution in [2.24, 2.45) is 0 Å². The van der Waals surface area contributed by atoms with E-state index in [0.29, 0.717) is 0 Å². The number of para-hydroxylation sites is 4. The quantitative estimate of drug-likeness (QED) is 0.198. The minimum Gasteiger partial charge on any atom is -0.309 e. The second-order valence-electron chi connectivity index (χ2n) is 11.9. The van der Waals surface area contributed by atoms with E-state index < -0.39 is 0 Å². The lowest BCUT2D eigenvalue weighted by Gasteiger charge is -2.12. The SMILES string of the molecule is Cc1cc(-c2ccc3c4ccccc4n(-c4ccccc4)c3c2)cc(-c2ccc3c4ccccc4n(-c4ccccc4)c3c2)c1. The highest BCUT2D eigenvalue weighted by atomic mass is 15.0. The lowest BCUT2D eigenvalue weighted by atomic mass is 9.95. The van der Waals surface area contributed by atoms with Gasteiger partial charge in [-0.15, -0.1) is 0 Å². The highest BCUT2D eigenvalue weighted by molar-refractivity contribution is 6.11. The zero-order valence-electron chi connectivity index (χ0n) is 25.0. The van der Waals surface area contributed by atoms with Gasteiger partial charge in [-0.3, -0.25) is 0 Å². The van der Waals surface area contributed by atoms with E-state index in [4.69, 9.17) is 0 Å². The summed E-state index contributed by atoms with van der Waals surface area (Å²) in [6.07, 6.45) is 0. The summed E-state index contributed by atoms with van der Waals surface area (Å²) >= 11 is 0. The zero-order chi connectivity index (χ0) is 29.9. The molecule has 0 saturated carbocycles. The molecule has 0 fully saturated rings. The van der Waals surface area contributed by atoms with Gasteiger partial charge < -0.3 is 9.13 Å². The molecule has 0 spiro atoms. The first-order valence-electron chi connectivity index (χ1n) is 15.5. The van der Waals surface area contributed by atoms with Crippen molar-refractivity contribution >= 4 is 43.6 Å². The predicted molar refractivity (Wildman–Crippen MR) is 191 cm³/mol. The van der Waals surface area contributed by atoms with Gasteiger partial charge in [0.15, 0.2) is 0 Å². The molecular formula is C43H30N2. The summed E-state index contributed by atoms with van der Waals surface area (Å²) in [5.74, 6) is 0. The highest BCUT2D eigenvalue weighted by Crippen LogP contribution is 2.38. The molecule has 2 aromatic heterocycles. The second kappa shape index (κ2) is 10.1. The maximum atomic E-state index is 2.39. The standard InChI is InChI=1S/C43H30N2/c1-29-24-32(30-20-22-38-36-16-8-10-18-40(36)44(42(38)27-30)34-12-4-2-5-13-34)26-33(25-29)31-21-23-39-37-17-9-11-19-41(37)45(43(39)28-31)35-14-6-3-7-15-35/h2-28H,1H3. The van der Waals surface area contributed by atoms with Gasteiger partial charge in [0.2, 0.25) is 0 Å². The lowest BCUT2D eigenvalue weighted by molar-refractivity contribution is 1.18. The van der Waals surface area contributed by atoms with Crippen LogP contribution in [0, 0.1) is 6.92 Å². The molecule has 2 nitrogen and oxygen atoms in total. The molecule has 0 radical (unpaired) electrons. The van der Waals surface area contributed by atoms with Crippen molar-refractivity contribution in [2.75, 3.05) is 0 Å². The van der Waals surface area contributed by atoms with Gasteiger partial charge in [-0.1, -0.05) is 109 Å². The summed E-state index contributed by atoms with van der Waals surface area (Å²) in [6, 6.07) is 59.6. The van der Waals surface area contributed by atoms with Crippen LogP contribution in [-0.4, -0.2) is 9.13 Å². The van der Waals surface area contributed by atoms with Crippen molar-refractivity contribution < 1.29 is 0 Å². The Hall–Kier alpha value is -5.86. The molecule has 0 aliphatic rings. The molecule has 9 rings (SSSR count). The van der Waals surface area contributed by atoms with Crippen molar-refractivity contribution in [3.63, 3.8) is 0 Å². The van der Waals surface area contributed by atoms with Gasteiger partial charge >= 0.3 is 0 Å². The third-order valence-electron chi connectivity index (χ3n) is 9.12. The van der Waals surface area contributed by atoms with Gasteiger partial charge in [-0.05, 0) is 89.3 Å². The van der Waals surface area contributed by atoms with E-state index in [9.17, 15) is 0 Å². The molecule has 0 atom stereocenters. The minimum atomic E-state index is 1.17. The van der Waals surface area contributed by atoms with Gasteiger partial charge in [0.25, 0.3) is 0 Å². The molecule has 45 heavy (non-hydrogen) atoms. The van der Waals surface area contributed by atoms with E-state index in [1.54, 1.807) is 0 Å². The maximum absolute atomic E-state index is 2.39. The van der Waals surface area contributed by atoms with Crippen molar-refractivity contribution in [1.29, 1.82) is 0 Å². The Balaban J connectivity index is 1.23. The number of hydrogen-bond donors (Lipinski definition) is 0. The molecule has 0 aliphatic carbocycles. The number of benzene rings is 7. The second-order valence-corrected chi connectivity index (χ2v) is 11.9. The fourth-order valence-electron chi connectivity index (χ4n) is 7.13. The Labute approximate surface area is 262 Å². The van der Waals surface area contributed by atoms with Crippen LogP contribution in [0.4, 0.5) is 0 Å². The first-order valence-corrected chi connectivity index (χ1v) is 15.5. The first-order chi connectivity index (χ1) is 22.2. The summed E-state index contributed by atoms with van der Waals surface area (Å²) in [4.78, 5) is 0. The molecule has 9 aromatic rings. The number of aryl methyl sites for hydroxylation is 1. The van der Waals surface area contributed by atoms with Crippen LogP contribution in [0.3, 0.4) is 0 Å².